The van der Waals surface area contributed by atoms with Crippen molar-refractivity contribution in [3.63, 3.8) is 0 Å². The van der Waals surface area contributed by atoms with Crippen LogP contribution in [0.3, 0.4) is 0 Å². The van der Waals surface area contributed by atoms with Gasteiger partial charge in [-0.3, -0.25) is 4.79 Å². The molecule has 5 N–H and O–H groups in total. The van der Waals surface area contributed by atoms with Gasteiger partial charge in [0.15, 0.2) is 0 Å². The van der Waals surface area contributed by atoms with E-state index in [2.05, 4.69) is 24.1 Å². The van der Waals surface area contributed by atoms with Gasteiger partial charge in [0, 0.05) is 6.54 Å². The van der Waals surface area contributed by atoms with Crippen molar-refractivity contribution in [3.05, 3.63) is 17.8 Å². The summed E-state index contributed by atoms with van der Waals surface area (Å²) < 4.78 is 0. The normalized spacial score (nSPS) is 10.6. The highest BCUT2D eigenvalue weighted by molar-refractivity contribution is 5.98. The van der Waals surface area contributed by atoms with E-state index in [4.69, 9.17) is 11.5 Å². The summed E-state index contributed by atoms with van der Waals surface area (Å²) in [5.41, 5.74) is 11.9. The Labute approximate surface area is 108 Å². The van der Waals surface area contributed by atoms with Crippen LogP contribution in [0, 0.1) is 5.92 Å². The van der Waals surface area contributed by atoms with Crippen LogP contribution in [0.4, 0.5) is 11.5 Å². The van der Waals surface area contributed by atoms with E-state index in [-0.39, 0.29) is 0 Å². The predicted molar refractivity (Wildman–Crippen MR) is 74.3 cm³/mol. The molecule has 0 saturated carbocycles. The highest BCUT2D eigenvalue weighted by Gasteiger charge is 2.08. The van der Waals surface area contributed by atoms with Gasteiger partial charge in [0.1, 0.15) is 5.82 Å². The number of unbranched alkanes of at least 4 members (excludes halogenated alkanes) is 1. The van der Waals surface area contributed by atoms with Gasteiger partial charge in [-0.2, -0.15) is 0 Å². The molecule has 0 unspecified atom stereocenters. The third-order valence-corrected chi connectivity index (χ3v) is 2.71. The van der Waals surface area contributed by atoms with Gasteiger partial charge in [0.25, 0.3) is 5.91 Å². The zero-order valence-corrected chi connectivity index (χ0v) is 11.1. The number of amides is 1. The maximum atomic E-state index is 11.3. The second-order valence-electron chi connectivity index (χ2n) is 4.84. The zero-order chi connectivity index (χ0) is 13.5. The standard InChI is InChI=1S/C13H22N4O/c1-9(2)5-3-4-6-16-11-8-17-12(14)7-10(11)13(15)18/h7-9,16H,3-6H2,1-2H3,(H2,14,17)(H2,15,18). The van der Waals surface area contributed by atoms with Crippen LogP contribution in [0.2, 0.25) is 0 Å². The molecule has 1 amide bonds. The molecule has 0 saturated heterocycles. The fraction of sp³-hybridized carbons (Fsp3) is 0.538. The van der Waals surface area contributed by atoms with E-state index in [1.165, 1.54) is 18.9 Å². The average Bonchev–Trinajstić information content (AvgIpc) is 2.29. The molecule has 1 aromatic heterocycles. The summed E-state index contributed by atoms with van der Waals surface area (Å²) in [5.74, 6) is 0.535. The van der Waals surface area contributed by atoms with Crippen molar-refractivity contribution < 1.29 is 4.79 Å². The molecule has 100 valence electrons. The maximum absolute atomic E-state index is 11.3. The zero-order valence-electron chi connectivity index (χ0n) is 11.1. The van der Waals surface area contributed by atoms with E-state index in [1.807, 2.05) is 0 Å². The number of pyridine rings is 1. The molecule has 0 aliphatic rings. The lowest BCUT2D eigenvalue weighted by Gasteiger charge is -2.10. The van der Waals surface area contributed by atoms with Crippen molar-refractivity contribution >= 4 is 17.4 Å². The number of carbonyl (C=O) groups excluding carboxylic acids is 1. The van der Waals surface area contributed by atoms with Crippen LogP contribution in [0.15, 0.2) is 12.3 Å². The first kappa shape index (κ1) is 14.3. The fourth-order valence-electron chi connectivity index (χ4n) is 1.72. The molecular formula is C13H22N4O. The predicted octanol–water partition coefficient (Wildman–Crippen LogP) is 2.00. The summed E-state index contributed by atoms with van der Waals surface area (Å²) >= 11 is 0. The molecule has 0 atom stereocenters. The summed E-state index contributed by atoms with van der Waals surface area (Å²) in [4.78, 5) is 15.2. The minimum absolute atomic E-state index is 0.300. The fourth-order valence-corrected chi connectivity index (χ4v) is 1.72. The molecule has 0 bridgehead atoms. The third-order valence-electron chi connectivity index (χ3n) is 2.71. The molecule has 18 heavy (non-hydrogen) atoms. The molecule has 0 aliphatic heterocycles. The summed E-state index contributed by atoms with van der Waals surface area (Å²) in [6.07, 6.45) is 4.99. The highest BCUT2D eigenvalue weighted by atomic mass is 16.1. The van der Waals surface area contributed by atoms with Gasteiger partial charge in [0.2, 0.25) is 0 Å². The number of nitrogen functional groups attached to an aromatic ring is 1. The molecule has 0 aliphatic carbocycles. The number of carbonyl (C=O) groups is 1. The van der Waals surface area contributed by atoms with E-state index < -0.39 is 5.91 Å². The van der Waals surface area contributed by atoms with Crippen LogP contribution in [-0.2, 0) is 0 Å². The molecule has 0 fully saturated rings. The van der Waals surface area contributed by atoms with Crippen LogP contribution in [0.1, 0.15) is 43.5 Å². The Hall–Kier alpha value is -1.78. The second-order valence-corrected chi connectivity index (χ2v) is 4.84. The van der Waals surface area contributed by atoms with E-state index in [0.29, 0.717) is 17.1 Å². The lowest BCUT2D eigenvalue weighted by molar-refractivity contribution is 0.100. The van der Waals surface area contributed by atoms with Crippen molar-refractivity contribution in [3.8, 4) is 0 Å². The topological polar surface area (TPSA) is 94.0 Å². The van der Waals surface area contributed by atoms with Crippen molar-refractivity contribution in [1.29, 1.82) is 0 Å². The van der Waals surface area contributed by atoms with Gasteiger partial charge < -0.3 is 16.8 Å². The van der Waals surface area contributed by atoms with Crippen LogP contribution in [-0.4, -0.2) is 17.4 Å². The van der Waals surface area contributed by atoms with Crippen LogP contribution >= 0.6 is 0 Å². The number of anilines is 2. The van der Waals surface area contributed by atoms with Crippen molar-refractivity contribution in [2.45, 2.75) is 33.1 Å². The molecule has 1 aromatic rings. The third kappa shape index (κ3) is 4.61. The van der Waals surface area contributed by atoms with Gasteiger partial charge >= 0.3 is 0 Å². The quantitative estimate of drug-likeness (QED) is 0.645. The smallest absolute Gasteiger partial charge is 0.250 e. The number of primary amides is 1. The molecule has 1 heterocycles. The molecule has 1 rings (SSSR count). The highest BCUT2D eigenvalue weighted by Crippen LogP contribution is 2.16. The first-order valence-corrected chi connectivity index (χ1v) is 6.30. The first-order chi connectivity index (χ1) is 8.50. The van der Waals surface area contributed by atoms with E-state index in [1.54, 1.807) is 6.20 Å². The Morgan fingerprint density at radius 1 is 1.44 bits per heavy atom. The van der Waals surface area contributed by atoms with Crippen LogP contribution in [0.25, 0.3) is 0 Å². The number of nitrogens with two attached hydrogens (primary N) is 2. The summed E-state index contributed by atoms with van der Waals surface area (Å²) in [6.45, 7) is 5.23. The second kappa shape index (κ2) is 6.83. The Morgan fingerprint density at radius 3 is 2.78 bits per heavy atom. The Bertz CT molecular complexity index is 404. The summed E-state index contributed by atoms with van der Waals surface area (Å²) in [7, 11) is 0. The molecule has 5 heteroatoms. The minimum atomic E-state index is -0.492. The van der Waals surface area contributed by atoms with Gasteiger partial charge in [0.05, 0.1) is 17.4 Å². The number of nitrogens with one attached hydrogen (secondary N) is 1. The largest absolute Gasteiger partial charge is 0.384 e. The number of nitrogens with zero attached hydrogens (tertiary/aromatic N) is 1. The van der Waals surface area contributed by atoms with Gasteiger partial charge in [-0.1, -0.05) is 26.7 Å². The molecule has 5 nitrogen and oxygen atoms in total. The van der Waals surface area contributed by atoms with Crippen LogP contribution in [0.5, 0.6) is 0 Å². The Morgan fingerprint density at radius 2 is 2.17 bits per heavy atom. The number of hydrogen-bond acceptors (Lipinski definition) is 4. The Kier molecular flexibility index (Phi) is 5.42. The molecule has 0 radical (unpaired) electrons. The van der Waals surface area contributed by atoms with Gasteiger partial charge in [-0.15, -0.1) is 0 Å². The molecule has 0 spiro atoms. The van der Waals surface area contributed by atoms with Gasteiger partial charge in [-0.05, 0) is 18.4 Å². The van der Waals surface area contributed by atoms with E-state index in [9.17, 15) is 4.79 Å². The number of aromatic nitrogens is 1. The number of rotatable bonds is 7. The summed E-state index contributed by atoms with van der Waals surface area (Å²) in [5, 5.41) is 3.18. The monoisotopic (exact) mass is 250 g/mol. The van der Waals surface area contributed by atoms with Gasteiger partial charge in [-0.25, -0.2) is 4.98 Å². The minimum Gasteiger partial charge on any atom is -0.384 e. The molecular weight excluding hydrogens is 228 g/mol. The SMILES string of the molecule is CC(C)CCCCNc1cnc(N)cc1C(N)=O. The number of hydrogen-bond donors (Lipinski definition) is 3. The van der Waals surface area contributed by atoms with Crippen molar-refractivity contribution in [2.75, 3.05) is 17.6 Å². The van der Waals surface area contributed by atoms with E-state index in [0.717, 1.165) is 18.9 Å². The van der Waals surface area contributed by atoms with Crippen molar-refractivity contribution in [1.82, 2.24) is 4.98 Å². The lowest BCUT2D eigenvalue weighted by Crippen LogP contribution is -2.16. The van der Waals surface area contributed by atoms with E-state index >= 15 is 0 Å². The first-order valence-electron chi connectivity index (χ1n) is 6.30. The maximum Gasteiger partial charge on any atom is 0.250 e. The van der Waals surface area contributed by atoms with Crippen molar-refractivity contribution in [2.24, 2.45) is 11.7 Å². The molecule has 0 aromatic carbocycles. The lowest BCUT2D eigenvalue weighted by atomic mass is 10.1. The summed E-state index contributed by atoms with van der Waals surface area (Å²) in [6, 6.07) is 1.50. The van der Waals surface area contributed by atoms with Crippen LogP contribution < -0.4 is 16.8 Å². The average molecular weight is 250 g/mol. The Balaban J connectivity index is 2.49.